The summed E-state index contributed by atoms with van der Waals surface area (Å²) in [5.41, 5.74) is 1.62. The Bertz CT molecular complexity index is 858. The van der Waals surface area contributed by atoms with E-state index in [9.17, 15) is 14.3 Å². The predicted molar refractivity (Wildman–Crippen MR) is 77.6 cm³/mol. The fourth-order valence-corrected chi connectivity index (χ4v) is 2.31. The number of halogens is 1. The van der Waals surface area contributed by atoms with Gasteiger partial charge in [-0.05, 0) is 36.8 Å². The van der Waals surface area contributed by atoms with Crippen molar-refractivity contribution < 1.29 is 19.0 Å². The summed E-state index contributed by atoms with van der Waals surface area (Å²) < 4.78 is 20.3. The van der Waals surface area contributed by atoms with Gasteiger partial charge in [-0.15, -0.1) is 0 Å². The minimum absolute atomic E-state index is 0.103. The van der Waals surface area contributed by atoms with Crippen LogP contribution in [0.25, 0.3) is 5.65 Å². The van der Waals surface area contributed by atoms with Crippen molar-refractivity contribution in [1.29, 1.82) is 0 Å². The molecule has 3 rings (SSSR count). The Morgan fingerprint density at radius 3 is 2.91 bits per heavy atom. The molecule has 0 aliphatic carbocycles. The van der Waals surface area contributed by atoms with Gasteiger partial charge >= 0.3 is 5.97 Å². The lowest BCUT2D eigenvalue weighted by Crippen LogP contribution is -2.04. The molecule has 0 fully saturated rings. The second kappa shape index (κ2) is 5.48. The molecule has 0 unspecified atom stereocenters. The van der Waals surface area contributed by atoms with Crippen LogP contribution in [-0.4, -0.2) is 20.5 Å². The number of aromatic carboxylic acids is 1. The van der Waals surface area contributed by atoms with E-state index in [1.807, 2.05) is 0 Å². The summed E-state index contributed by atoms with van der Waals surface area (Å²) in [5.74, 6) is -0.932. The molecule has 22 heavy (non-hydrogen) atoms. The minimum atomic E-state index is -1.05. The SMILES string of the molecule is Cc1nc2c(OCc3cccc(F)c3)cccn2c1C(=O)O. The highest BCUT2D eigenvalue weighted by Gasteiger charge is 2.17. The molecule has 2 aromatic heterocycles. The molecule has 0 radical (unpaired) electrons. The molecule has 0 saturated carbocycles. The Morgan fingerprint density at radius 2 is 2.18 bits per heavy atom. The highest BCUT2D eigenvalue weighted by atomic mass is 19.1. The molecular weight excluding hydrogens is 287 g/mol. The first-order valence-electron chi connectivity index (χ1n) is 6.64. The normalized spacial score (nSPS) is 10.8. The van der Waals surface area contributed by atoms with Crippen molar-refractivity contribution in [3.8, 4) is 5.75 Å². The van der Waals surface area contributed by atoms with Gasteiger partial charge in [-0.25, -0.2) is 14.2 Å². The van der Waals surface area contributed by atoms with Crippen LogP contribution >= 0.6 is 0 Å². The number of hydrogen-bond acceptors (Lipinski definition) is 3. The molecule has 2 heterocycles. The number of hydrogen-bond donors (Lipinski definition) is 1. The largest absolute Gasteiger partial charge is 0.485 e. The van der Waals surface area contributed by atoms with Gasteiger partial charge in [0.2, 0.25) is 0 Å². The van der Waals surface area contributed by atoms with E-state index in [1.54, 1.807) is 37.4 Å². The summed E-state index contributed by atoms with van der Waals surface area (Å²) in [6, 6.07) is 9.49. The first-order chi connectivity index (χ1) is 10.6. The molecule has 0 atom stereocenters. The monoisotopic (exact) mass is 300 g/mol. The number of imidazole rings is 1. The van der Waals surface area contributed by atoms with Crippen LogP contribution in [0.4, 0.5) is 4.39 Å². The number of nitrogens with zero attached hydrogens (tertiary/aromatic N) is 2. The number of ether oxygens (including phenoxy) is 1. The third-order valence-corrected chi connectivity index (χ3v) is 3.27. The molecule has 3 aromatic rings. The summed E-state index contributed by atoms with van der Waals surface area (Å²) >= 11 is 0. The maximum absolute atomic E-state index is 13.2. The Hall–Kier alpha value is -2.89. The van der Waals surface area contributed by atoms with Crippen molar-refractivity contribution in [3.05, 3.63) is 65.4 Å². The number of carboxylic acids is 1. The molecule has 112 valence electrons. The molecule has 0 aliphatic rings. The zero-order chi connectivity index (χ0) is 15.7. The van der Waals surface area contributed by atoms with Crippen LogP contribution in [0.3, 0.4) is 0 Å². The minimum Gasteiger partial charge on any atom is -0.485 e. The lowest BCUT2D eigenvalue weighted by Gasteiger charge is -2.07. The summed E-state index contributed by atoms with van der Waals surface area (Å²) in [7, 11) is 0. The van der Waals surface area contributed by atoms with Gasteiger partial charge in [-0.3, -0.25) is 4.40 Å². The maximum atomic E-state index is 13.2. The number of aromatic nitrogens is 2. The number of pyridine rings is 1. The van der Waals surface area contributed by atoms with E-state index in [0.717, 1.165) is 0 Å². The molecule has 5 nitrogen and oxygen atoms in total. The second-order valence-electron chi connectivity index (χ2n) is 4.84. The predicted octanol–water partition coefficient (Wildman–Crippen LogP) is 3.06. The molecule has 6 heteroatoms. The Morgan fingerprint density at radius 1 is 1.36 bits per heavy atom. The van der Waals surface area contributed by atoms with Crippen molar-refractivity contribution >= 4 is 11.6 Å². The Kier molecular flexibility index (Phi) is 3.50. The molecule has 0 saturated heterocycles. The second-order valence-corrected chi connectivity index (χ2v) is 4.84. The molecule has 1 aromatic carbocycles. The lowest BCUT2D eigenvalue weighted by atomic mass is 10.2. The smallest absolute Gasteiger partial charge is 0.354 e. The number of aryl methyl sites for hydroxylation is 1. The van der Waals surface area contributed by atoms with Gasteiger partial charge < -0.3 is 9.84 Å². The van der Waals surface area contributed by atoms with Gasteiger partial charge in [0, 0.05) is 6.20 Å². The Labute approximate surface area is 125 Å². The average molecular weight is 300 g/mol. The number of rotatable bonds is 4. The molecule has 1 N–H and O–H groups in total. The van der Waals surface area contributed by atoms with Crippen molar-refractivity contribution in [2.24, 2.45) is 0 Å². The van der Waals surface area contributed by atoms with E-state index < -0.39 is 5.97 Å². The van der Waals surface area contributed by atoms with E-state index in [0.29, 0.717) is 22.7 Å². The zero-order valence-corrected chi connectivity index (χ0v) is 11.8. The molecule has 0 bridgehead atoms. The molecule has 0 aliphatic heterocycles. The highest BCUT2D eigenvalue weighted by molar-refractivity contribution is 5.88. The zero-order valence-electron chi connectivity index (χ0n) is 11.8. The van der Waals surface area contributed by atoms with Crippen molar-refractivity contribution in [1.82, 2.24) is 9.38 Å². The van der Waals surface area contributed by atoms with Gasteiger partial charge in [0.1, 0.15) is 12.4 Å². The van der Waals surface area contributed by atoms with Gasteiger partial charge in [0.05, 0.1) is 5.69 Å². The third kappa shape index (κ3) is 2.50. The lowest BCUT2D eigenvalue weighted by molar-refractivity contribution is 0.0688. The highest BCUT2D eigenvalue weighted by Crippen LogP contribution is 2.23. The fourth-order valence-electron chi connectivity index (χ4n) is 2.31. The van der Waals surface area contributed by atoms with Crippen LogP contribution in [0.2, 0.25) is 0 Å². The first-order valence-corrected chi connectivity index (χ1v) is 6.64. The van der Waals surface area contributed by atoms with Crippen molar-refractivity contribution in [2.75, 3.05) is 0 Å². The number of fused-ring (bicyclic) bond motifs is 1. The summed E-state index contributed by atoms with van der Waals surface area (Å²) in [6.07, 6.45) is 1.62. The average Bonchev–Trinajstić information content (AvgIpc) is 2.81. The van der Waals surface area contributed by atoms with Crippen LogP contribution in [0.15, 0.2) is 42.6 Å². The van der Waals surface area contributed by atoms with Gasteiger partial charge in [-0.1, -0.05) is 12.1 Å². The third-order valence-electron chi connectivity index (χ3n) is 3.27. The van der Waals surface area contributed by atoms with Crippen LogP contribution in [-0.2, 0) is 6.61 Å². The van der Waals surface area contributed by atoms with E-state index in [1.165, 1.54) is 16.5 Å². The maximum Gasteiger partial charge on any atom is 0.354 e. The fraction of sp³-hybridized carbons (Fsp3) is 0.125. The van der Waals surface area contributed by atoms with Crippen LogP contribution in [0.1, 0.15) is 21.7 Å². The van der Waals surface area contributed by atoms with Gasteiger partial charge in [0.25, 0.3) is 0 Å². The number of carbonyl (C=O) groups is 1. The number of carboxylic acid groups (broad SMARTS) is 1. The van der Waals surface area contributed by atoms with E-state index >= 15 is 0 Å². The van der Waals surface area contributed by atoms with Crippen LogP contribution in [0.5, 0.6) is 5.75 Å². The van der Waals surface area contributed by atoms with E-state index in [-0.39, 0.29) is 18.1 Å². The van der Waals surface area contributed by atoms with Crippen LogP contribution < -0.4 is 4.74 Å². The molecule has 0 amide bonds. The van der Waals surface area contributed by atoms with Crippen molar-refractivity contribution in [3.63, 3.8) is 0 Å². The van der Waals surface area contributed by atoms with Gasteiger partial charge in [0.15, 0.2) is 17.1 Å². The quantitative estimate of drug-likeness (QED) is 0.804. The van der Waals surface area contributed by atoms with Crippen LogP contribution in [0, 0.1) is 12.7 Å². The van der Waals surface area contributed by atoms with E-state index in [4.69, 9.17) is 4.74 Å². The standard InChI is InChI=1S/C16H13FN2O3/c1-10-14(16(20)21)19-7-3-6-13(15(19)18-10)22-9-11-4-2-5-12(17)8-11/h2-8H,9H2,1H3,(H,20,21). The summed E-state index contributed by atoms with van der Waals surface area (Å²) in [6.45, 7) is 1.80. The Balaban J connectivity index is 1.94. The van der Waals surface area contributed by atoms with E-state index in [2.05, 4.69) is 4.98 Å². The summed E-state index contributed by atoms with van der Waals surface area (Å²) in [5, 5.41) is 9.24. The first kappa shape index (κ1) is 14.1. The summed E-state index contributed by atoms with van der Waals surface area (Å²) in [4.78, 5) is 15.5. The number of benzene rings is 1. The van der Waals surface area contributed by atoms with Crippen molar-refractivity contribution in [2.45, 2.75) is 13.5 Å². The molecular formula is C16H13FN2O3. The topological polar surface area (TPSA) is 63.8 Å². The van der Waals surface area contributed by atoms with Gasteiger partial charge in [-0.2, -0.15) is 0 Å². The molecule has 0 spiro atoms.